The minimum Gasteiger partial charge on any atom is -0.335 e. The highest BCUT2D eigenvalue weighted by atomic mass is 19.4. The molecule has 0 aromatic heterocycles. The van der Waals surface area contributed by atoms with Crippen molar-refractivity contribution in [1.82, 2.24) is 0 Å². The van der Waals surface area contributed by atoms with Crippen LogP contribution in [0.1, 0.15) is 46.5 Å². The SMILES string of the molecule is C[C@@H]1CC[C@H]2[C@@H](C)C(OCC=O)(C(F)(F)F)O[C@@H]3O[C@]4(C)CC[C@@H]1[C@]32OO4. The fourth-order valence-electron chi connectivity index (χ4n) is 5.65. The monoisotopic (exact) mass is 394 g/mol. The average Bonchev–Trinajstić information content (AvgIpc) is 2.82. The number of hydrogen-bond donors (Lipinski definition) is 0. The van der Waals surface area contributed by atoms with E-state index < -0.39 is 48.1 Å². The Bertz CT molecular complexity index is 614. The standard InChI is InChI=1S/C18H25F3O6/c1-10-4-5-13-11(2)17(18(19,20)21,23-9-8-22)25-14-16(13)12(10)6-7-15(3,24-14)26-27-16/h8,10-14H,4-7,9H2,1-3H3/t10-,11-,12+,13+,14+,15+,16-,17?/m1/s1. The highest BCUT2D eigenvalue weighted by Gasteiger charge is 2.77. The molecule has 1 spiro atoms. The summed E-state index contributed by atoms with van der Waals surface area (Å²) in [5.74, 6) is -5.57. The van der Waals surface area contributed by atoms with Crippen molar-refractivity contribution < 1.29 is 42.0 Å². The molecule has 5 rings (SSSR count). The number of rotatable bonds is 3. The molecule has 4 heterocycles. The molecule has 0 amide bonds. The minimum atomic E-state index is -4.84. The number of halogens is 3. The molecule has 0 radical (unpaired) electrons. The molecule has 5 aliphatic rings. The zero-order chi connectivity index (χ0) is 19.7. The van der Waals surface area contributed by atoms with Crippen LogP contribution in [0.4, 0.5) is 13.2 Å². The van der Waals surface area contributed by atoms with Gasteiger partial charge < -0.3 is 19.0 Å². The van der Waals surface area contributed by atoms with E-state index in [1.165, 1.54) is 6.92 Å². The maximum atomic E-state index is 14.2. The van der Waals surface area contributed by atoms with E-state index >= 15 is 0 Å². The van der Waals surface area contributed by atoms with Crippen molar-refractivity contribution in [2.24, 2.45) is 23.7 Å². The van der Waals surface area contributed by atoms with E-state index in [-0.39, 0.29) is 11.8 Å². The summed E-state index contributed by atoms with van der Waals surface area (Å²) in [6, 6.07) is 0. The number of carbonyl (C=O) groups is 1. The molecule has 4 aliphatic heterocycles. The van der Waals surface area contributed by atoms with E-state index in [1.54, 1.807) is 6.92 Å². The smallest absolute Gasteiger partial charge is 0.335 e. The van der Waals surface area contributed by atoms with Crippen molar-refractivity contribution in [1.29, 1.82) is 0 Å². The van der Waals surface area contributed by atoms with Crippen LogP contribution in [0.15, 0.2) is 0 Å². The molecule has 4 saturated heterocycles. The van der Waals surface area contributed by atoms with E-state index in [0.29, 0.717) is 19.1 Å². The topological polar surface area (TPSA) is 63.2 Å². The van der Waals surface area contributed by atoms with Gasteiger partial charge in [0.2, 0.25) is 5.79 Å². The summed E-state index contributed by atoms with van der Waals surface area (Å²) in [5, 5.41) is 0. The van der Waals surface area contributed by atoms with Crippen LogP contribution < -0.4 is 0 Å². The Kier molecular flexibility index (Phi) is 4.44. The van der Waals surface area contributed by atoms with E-state index in [4.69, 9.17) is 24.0 Å². The van der Waals surface area contributed by atoms with Gasteiger partial charge in [0.15, 0.2) is 11.9 Å². The normalized spacial score (nSPS) is 52.1. The van der Waals surface area contributed by atoms with Crippen LogP contribution in [-0.4, -0.2) is 42.5 Å². The maximum absolute atomic E-state index is 14.2. The number of carbonyl (C=O) groups excluding carboxylic acids is 1. The van der Waals surface area contributed by atoms with E-state index in [0.717, 1.165) is 12.8 Å². The van der Waals surface area contributed by atoms with E-state index in [2.05, 4.69) is 6.92 Å². The van der Waals surface area contributed by atoms with E-state index in [1.807, 2.05) is 0 Å². The van der Waals surface area contributed by atoms with Crippen LogP contribution in [0.2, 0.25) is 0 Å². The van der Waals surface area contributed by atoms with Crippen molar-refractivity contribution in [3.63, 3.8) is 0 Å². The summed E-state index contributed by atoms with van der Waals surface area (Å²) >= 11 is 0. The third-order valence-corrected chi connectivity index (χ3v) is 7.02. The summed E-state index contributed by atoms with van der Waals surface area (Å²) in [7, 11) is 0. The second kappa shape index (κ2) is 6.13. The Morgan fingerprint density at radius 2 is 1.85 bits per heavy atom. The van der Waals surface area contributed by atoms with Gasteiger partial charge in [-0.3, -0.25) is 0 Å². The van der Waals surface area contributed by atoms with Gasteiger partial charge in [-0.2, -0.15) is 13.2 Å². The van der Waals surface area contributed by atoms with Crippen LogP contribution in [0.5, 0.6) is 0 Å². The second-order valence-corrected chi connectivity index (χ2v) is 8.46. The fourth-order valence-corrected chi connectivity index (χ4v) is 5.65. The molecule has 27 heavy (non-hydrogen) atoms. The van der Waals surface area contributed by atoms with Crippen LogP contribution in [0, 0.1) is 23.7 Å². The summed E-state index contributed by atoms with van der Waals surface area (Å²) in [4.78, 5) is 22.2. The molecule has 0 aromatic carbocycles. The third-order valence-electron chi connectivity index (χ3n) is 7.02. The zero-order valence-corrected chi connectivity index (χ0v) is 15.6. The molecule has 1 aliphatic carbocycles. The van der Waals surface area contributed by atoms with Crippen LogP contribution in [0.3, 0.4) is 0 Å². The molecule has 0 N–H and O–H groups in total. The van der Waals surface area contributed by atoms with Gasteiger partial charge in [-0.25, -0.2) is 9.78 Å². The first-order valence-corrected chi connectivity index (χ1v) is 9.46. The third kappa shape index (κ3) is 2.55. The van der Waals surface area contributed by atoms with E-state index in [9.17, 15) is 18.0 Å². The number of aldehydes is 1. The predicted octanol–water partition coefficient (Wildman–Crippen LogP) is 3.34. The van der Waals surface area contributed by atoms with Crippen molar-refractivity contribution in [3.05, 3.63) is 0 Å². The van der Waals surface area contributed by atoms with Crippen molar-refractivity contribution in [2.45, 2.75) is 76.1 Å². The second-order valence-electron chi connectivity index (χ2n) is 8.46. The predicted molar refractivity (Wildman–Crippen MR) is 83.8 cm³/mol. The molecule has 5 fully saturated rings. The molecule has 9 heteroatoms. The van der Waals surface area contributed by atoms with Crippen molar-refractivity contribution >= 4 is 6.29 Å². The molecular weight excluding hydrogens is 369 g/mol. The average molecular weight is 394 g/mol. The summed E-state index contributed by atoms with van der Waals surface area (Å²) in [5.41, 5.74) is -1.12. The van der Waals surface area contributed by atoms with Crippen LogP contribution >= 0.6 is 0 Å². The molecule has 0 aromatic rings. The minimum absolute atomic E-state index is 0.0506. The molecular formula is C18H25F3O6. The quantitative estimate of drug-likeness (QED) is 0.540. The number of alkyl halides is 3. The highest BCUT2D eigenvalue weighted by Crippen LogP contribution is 2.64. The number of ether oxygens (including phenoxy) is 3. The summed E-state index contributed by atoms with van der Waals surface area (Å²) in [6.45, 7) is 4.45. The first-order valence-electron chi connectivity index (χ1n) is 9.46. The Hall–Kier alpha value is -0.740. The van der Waals surface area contributed by atoms with Gasteiger partial charge in [-0.15, -0.1) is 0 Å². The van der Waals surface area contributed by atoms with Gasteiger partial charge in [0.05, 0.1) is 0 Å². The Morgan fingerprint density at radius 3 is 2.52 bits per heavy atom. The molecule has 6 nitrogen and oxygen atoms in total. The van der Waals surface area contributed by atoms with Gasteiger partial charge in [0, 0.05) is 18.3 Å². The molecule has 1 unspecified atom stereocenters. The zero-order valence-electron chi connectivity index (χ0n) is 15.6. The summed E-state index contributed by atoms with van der Waals surface area (Å²) < 4.78 is 59.1. The lowest BCUT2D eigenvalue weighted by Gasteiger charge is -2.62. The molecule has 8 atom stereocenters. The first kappa shape index (κ1) is 19.6. The number of fused-ring (bicyclic) bond motifs is 2. The van der Waals surface area contributed by atoms with Gasteiger partial charge in [0.1, 0.15) is 12.9 Å². The summed E-state index contributed by atoms with van der Waals surface area (Å²) in [6.07, 6.45) is -3.35. The van der Waals surface area contributed by atoms with Crippen molar-refractivity contribution in [3.8, 4) is 0 Å². The lowest BCUT2D eigenvalue weighted by molar-refractivity contribution is -0.598. The van der Waals surface area contributed by atoms with Gasteiger partial charge in [-0.05, 0) is 38.0 Å². The van der Waals surface area contributed by atoms with Crippen molar-refractivity contribution in [2.75, 3.05) is 6.61 Å². The largest absolute Gasteiger partial charge is 0.443 e. The molecule has 2 bridgehead atoms. The highest BCUT2D eigenvalue weighted by molar-refractivity contribution is 5.50. The lowest BCUT2D eigenvalue weighted by atomic mass is 9.57. The Morgan fingerprint density at radius 1 is 1.11 bits per heavy atom. The first-order chi connectivity index (χ1) is 12.6. The van der Waals surface area contributed by atoms with Crippen LogP contribution in [0.25, 0.3) is 0 Å². The lowest BCUT2D eigenvalue weighted by Crippen LogP contribution is -2.76. The maximum Gasteiger partial charge on any atom is 0.443 e. The molecule has 1 saturated carbocycles. The van der Waals surface area contributed by atoms with Gasteiger partial charge >= 0.3 is 6.18 Å². The van der Waals surface area contributed by atoms with Gasteiger partial charge in [-0.1, -0.05) is 13.8 Å². The fraction of sp³-hybridized carbons (Fsp3) is 0.944. The van der Waals surface area contributed by atoms with Crippen LogP contribution in [-0.2, 0) is 28.8 Å². The Labute approximate surface area is 155 Å². The number of hydrogen-bond acceptors (Lipinski definition) is 6. The molecule has 154 valence electrons. The Balaban J connectivity index is 1.83. The van der Waals surface area contributed by atoms with Gasteiger partial charge in [0.25, 0.3) is 5.79 Å².